The van der Waals surface area contributed by atoms with Crippen molar-refractivity contribution < 1.29 is 33.3 Å². The first-order valence-corrected chi connectivity index (χ1v) is 28.7. The molecule has 12 rings (SSSR count). The summed E-state index contributed by atoms with van der Waals surface area (Å²) in [5, 5.41) is 33.7. The molecule has 430 valence electrons. The number of hydrogen-bond acceptors (Lipinski definition) is 15. The highest BCUT2D eigenvalue weighted by molar-refractivity contribution is 6.35. The quantitative estimate of drug-likeness (QED) is 0.0553. The van der Waals surface area contributed by atoms with E-state index in [1.54, 1.807) is 25.7 Å². The van der Waals surface area contributed by atoms with Crippen molar-refractivity contribution in [1.29, 1.82) is 0 Å². The average molecular weight is 1140 g/mol. The third-order valence-electron chi connectivity index (χ3n) is 16.0. The van der Waals surface area contributed by atoms with Crippen LogP contribution in [0.2, 0.25) is 5.02 Å². The van der Waals surface area contributed by atoms with Crippen LogP contribution < -0.4 is 25.0 Å². The van der Waals surface area contributed by atoms with E-state index in [2.05, 4.69) is 72.8 Å². The van der Waals surface area contributed by atoms with Gasteiger partial charge in [-0.25, -0.2) is 19.0 Å². The van der Waals surface area contributed by atoms with Crippen molar-refractivity contribution in [3.8, 4) is 45.3 Å². The number of anilines is 1. The molecule has 4 aliphatic rings. The third kappa shape index (κ3) is 12.3. The number of aromatic nitrogens is 9. The molecule has 6 atom stereocenters. The maximum Gasteiger partial charge on any atom is 0.319 e. The number of rotatable bonds is 19. The summed E-state index contributed by atoms with van der Waals surface area (Å²) in [6.07, 6.45) is 13.6. The lowest BCUT2D eigenvalue weighted by atomic mass is 9.91. The summed E-state index contributed by atoms with van der Waals surface area (Å²) in [5.74, 6) is 1.19. The van der Waals surface area contributed by atoms with Crippen molar-refractivity contribution >= 4 is 51.5 Å². The van der Waals surface area contributed by atoms with E-state index in [1.165, 1.54) is 17.3 Å². The number of benzene rings is 4. The minimum absolute atomic E-state index is 0.00628. The number of methoxy groups -OCH3 is 1. The first kappa shape index (κ1) is 57.6. The molecule has 21 heteroatoms. The summed E-state index contributed by atoms with van der Waals surface area (Å²) in [4.78, 5) is 45.4. The van der Waals surface area contributed by atoms with Crippen LogP contribution in [0.5, 0.6) is 11.8 Å². The van der Waals surface area contributed by atoms with Crippen LogP contribution in [0, 0.1) is 11.7 Å². The Morgan fingerprint density at radius 1 is 0.939 bits per heavy atom. The number of hydrogen-bond donors (Lipinski definition) is 4. The number of amides is 2. The molecule has 82 heavy (non-hydrogen) atoms. The molecule has 3 aliphatic heterocycles. The van der Waals surface area contributed by atoms with Gasteiger partial charge in [-0.05, 0) is 86.1 Å². The number of carbonyl (C=O) groups is 2. The lowest BCUT2D eigenvalue weighted by molar-refractivity contribution is -0.131. The Kier molecular flexibility index (Phi) is 18.0. The van der Waals surface area contributed by atoms with Gasteiger partial charge in [-0.2, -0.15) is 15.1 Å². The fraction of sp³-hybridized carbons (Fsp3) is 0.426. The molecule has 1 saturated carbocycles. The topological polar surface area (TPSA) is 224 Å². The molecular weight excluding hydrogens is 1070 g/mol. The van der Waals surface area contributed by atoms with Crippen LogP contribution in [0.15, 0.2) is 91.8 Å². The molecule has 5 unspecified atom stereocenters. The minimum Gasteiger partial charge on any atom is -0.486 e. The lowest BCUT2D eigenvalue weighted by Crippen LogP contribution is -2.44. The van der Waals surface area contributed by atoms with Crippen molar-refractivity contribution in [2.45, 2.75) is 122 Å². The highest BCUT2D eigenvalue weighted by atomic mass is 35.5. The predicted octanol–water partition coefficient (Wildman–Crippen LogP) is 9.80. The molecule has 3 saturated heterocycles. The Labute approximate surface area is 481 Å². The fourth-order valence-electron chi connectivity index (χ4n) is 10.9. The number of fused-ring (bicyclic) bond motifs is 4. The van der Waals surface area contributed by atoms with Crippen LogP contribution in [0.25, 0.3) is 55.3 Å². The van der Waals surface area contributed by atoms with E-state index in [-0.39, 0.29) is 54.8 Å². The third-order valence-corrected chi connectivity index (χ3v) is 16.4. The molecule has 4 fully saturated rings. The Hall–Kier alpha value is -7.65. The van der Waals surface area contributed by atoms with E-state index in [9.17, 15) is 14.7 Å². The Balaban J connectivity index is 0.000000233. The van der Waals surface area contributed by atoms with Crippen molar-refractivity contribution in [2.24, 2.45) is 5.92 Å². The van der Waals surface area contributed by atoms with E-state index >= 15 is 4.39 Å². The highest BCUT2D eigenvalue weighted by Crippen LogP contribution is 2.54. The number of halogens is 2. The Bertz CT molecular complexity index is 3490. The van der Waals surface area contributed by atoms with Crippen molar-refractivity contribution in [1.82, 2.24) is 60.7 Å². The zero-order valence-electron chi connectivity index (χ0n) is 47.4. The van der Waals surface area contributed by atoms with Gasteiger partial charge >= 0.3 is 6.01 Å². The number of nitrogens with one attached hydrogen (secondary N) is 3. The van der Waals surface area contributed by atoms with Gasteiger partial charge in [0.1, 0.15) is 48.4 Å². The molecule has 0 radical (unpaired) electrons. The van der Waals surface area contributed by atoms with Gasteiger partial charge < -0.3 is 39.8 Å². The van der Waals surface area contributed by atoms with Gasteiger partial charge in [0.15, 0.2) is 5.75 Å². The number of aromatic amines is 1. The van der Waals surface area contributed by atoms with Crippen LogP contribution in [0.3, 0.4) is 0 Å². The molecule has 19 nitrogen and oxygen atoms in total. The molecule has 8 aromatic rings. The maximum atomic E-state index is 15.7. The van der Waals surface area contributed by atoms with Crippen LogP contribution in [0.4, 0.5) is 10.2 Å². The maximum absolute atomic E-state index is 15.7. The van der Waals surface area contributed by atoms with Crippen LogP contribution in [0.1, 0.15) is 108 Å². The monoisotopic (exact) mass is 1140 g/mol. The van der Waals surface area contributed by atoms with E-state index < -0.39 is 17.9 Å². The molecule has 2 bridgehead atoms. The largest absolute Gasteiger partial charge is 0.486 e. The number of aliphatic hydroxyl groups is 1. The van der Waals surface area contributed by atoms with Crippen LogP contribution in [-0.2, 0) is 20.9 Å². The molecular formula is C61H71ClFN13O6. The average Bonchev–Trinajstić information content (AvgIpc) is 1.88. The molecule has 2 amide bonds. The Morgan fingerprint density at radius 3 is 2.37 bits per heavy atom. The second-order valence-corrected chi connectivity index (χ2v) is 22.0. The number of aliphatic hydroxyl groups excluding tert-OH is 1. The zero-order chi connectivity index (χ0) is 57.6. The number of carbonyl (C=O) groups excluding carboxylic acids is 2. The van der Waals surface area contributed by atoms with E-state index in [0.29, 0.717) is 70.7 Å². The molecule has 1 aliphatic carbocycles. The van der Waals surface area contributed by atoms with Gasteiger partial charge in [0, 0.05) is 90.3 Å². The summed E-state index contributed by atoms with van der Waals surface area (Å²) >= 11 is 6.95. The van der Waals surface area contributed by atoms with Gasteiger partial charge in [-0.1, -0.05) is 93.0 Å². The summed E-state index contributed by atoms with van der Waals surface area (Å²) in [6.45, 7) is 15.0. The summed E-state index contributed by atoms with van der Waals surface area (Å²) in [7, 11) is 1.65. The zero-order valence-corrected chi connectivity index (χ0v) is 48.1. The number of ether oxygens (including phenoxy) is 3. The van der Waals surface area contributed by atoms with Gasteiger partial charge in [0.2, 0.25) is 12.3 Å². The second-order valence-electron chi connectivity index (χ2n) is 21.6. The number of likely N-dealkylation sites (tertiary alicyclic amines) is 1. The minimum atomic E-state index is -0.543. The number of piperazine rings is 1. The second kappa shape index (κ2) is 25.6. The molecule has 7 heterocycles. The van der Waals surface area contributed by atoms with Crippen molar-refractivity contribution in [3.05, 3.63) is 119 Å². The lowest BCUT2D eigenvalue weighted by Gasteiger charge is -2.30. The normalized spacial score (nSPS) is 18.5. The first-order chi connectivity index (χ1) is 39.9. The number of H-pyrrole nitrogens is 1. The summed E-state index contributed by atoms with van der Waals surface area (Å²) in [5.41, 5.74) is 8.73. The standard InChI is InChI=1S/C41H45ClFN9O3.C18H20N4O3.C2H6/c1-21(2)23(4)52-18-34(49-50-52)26-8-6-24(7-9-26)20-54-39-36(35-31-16-45-48-33(31)14-32(43)37(35)42)29(25-10-11-25)13-30-38(39)46-41(55-19-22(3)53-5)47-40(30)51-17-27-12-28(51)15-44-27;23-10-16(21-18(25)17-2-1-7-22(17)12-24)14-5-3-13(4-6-14)15-8-19-11-20-9-15;1-2/h6-9,13-14,16,18,21-23,25,27-28,44H,10-12,15,17,19-20H2,1-5H3,(H,45,48);3-6,8-9,11-12,16-17,23H,1-2,7,10H2,(H,21,25);1-2H3/t22-,23?,27?,28?;;/m0../s1. The van der Waals surface area contributed by atoms with Gasteiger partial charge in [0.05, 0.1) is 47.7 Å². The van der Waals surface area contributed by atoms with Gasteiger partial charge in [0.25, 0.3) is 0 Å². The van der Waals surface area contributed by atoms with Gasteiger partial charge in [-0.3, -0.25) is 14.7 Å². The Morgan fingerprint density at radius 2 is 1.70 bits per heavy atom. The van der Waals surface area contributed by atoms with E-state index in [0.717, 1.165) is 89.1 Å². The van der Waals surface area contributed by atoms with Crippen molar-refractivity contribution in [3.63, 3.8) is 0 Å². The van der Waals surface area contributed by atoms with Crippen molar-refractivity contribution in [2.75, 3.05) is 44.9 Å². The van der Waals surface area contributed by atoms with E-state index in [1.807, 2.05) is 80.2 Å². The molecule has 4 N–H and O–H groups in total. The highest BCUT2D eigenvalue weighted by Gasteiger charge is 2.41. The summed E-state index contributed by atoms with van der Waals surface area (Å²) < 4.78 is 36.3. The predicted molar refractivity (Wildman–Crippen MR) is 313 cm³/mol. The van der Waals surface area contributed by atoms with Crippen LogP contribution in [-0.4, -0.2) is 132 Å². The smallest absolute Gasteiger partial charge is 0.319 e. The van der Waals surface area contributed by atoms with Gasteiger partial charge in [-0.15, -0.1) is 5.10 Å². The SMILES string of the molecule is CC.CO[C@@H](C)COc1nc(N2CC3CC2CN3)c2cc(C3CC3)c(-c3c(Cl)c(F)cc4[nH]ncc34)c(OCc3ccc(-c4cn(C(C)C(C)C)nn4)cc3)c2n1.O=CN1CCCC1C(=O)NC(CO)c1ccc(-c2cncnc2)cc1. The molecule has 4 aromatic carbocycles. The number of nitrogens with zero attached hydrogens (tertiary/aromatic N) is 10. The van der Waals surface area contributed by atoms with Crippen LogP contribution >= 0.6 is 11.6 Å². The molecule has 0 spiro atoms. The first-order valence-electron chi connectivity index (χ1n) is 28.4. The molecule has 4 aromatic heterocycles. The summed E-state index contributed by atoms with van der Waals surface area (Å²) in [6, 6.07) is 19.4. The van der Waals surface area contributed by atoms with E-state index in [4.69, 9.17) is 35.8 Å². The fourth-order valence-corrected chi connectivity index (χ4v) is 11.1.